The molecule has 4 nitrogen and oxygen atoms in total. The zero-order chi connectivity index (χ0) is 16.5. The second-order valence-electron chi connectivity index (χ2n) is 7.01. The van der Waals surface area contributed by atoms with Gasteiger partial charge in [-0.25, -0.2) is 4.79 Å². The van der Waals surface area contributed by atoms with Gasteiger partial charge in [-0.2, -0.15) is 0 Å². The van der Waals surface area contributed by atoms with Gasteiger partial charge in [0.1, 0.15) is 11.9 Å². The van der Waals surface area contributed by atoms with Crippen molar-refractivity contribution in [3.8, 4) is 0 Å². The lowest BCUT2D eigenvalue weighted by atomic mass is 9.64. The molecular weight excluding hydrogens is 280 g/mol. The summed E-state index contributed by atoms with van der Waals surface area (Å²) in [6, 6.07) is 0. The Hall–Kier alpha value is -1.42. The fraction of sp³-hybridized carbons (Fsp3) is 0.667. The molecule has 0 aromatic carbocycles. The number of carbonyl (C=O) groups is 2. The number of carbonyl (C=O) groups excluding carboxylic acids is 2. The highest BCUT2D eigenvalue weighted by atomic mass is 16.5. The minimum Gasteiger partial charge on any atom is -0.454 e. The lowest BCUT2D eigenvalue weighted by Crippen LogP contribution is -2.34. The van der Waals surface area contributed by atoms with Gasteiger partial charge in [0, 0.05) is 12.0 Å². The average Bonchev–Trinajstić information content (AvgIpc) is 2.73. The van der Waals surface area contributed by atoms with Crippen LogP contribution in [-0.2, 0) is 14.3 Å². The van der Waals surface area contributed by atoms with E-state index in [1.807, 2.05) is 6.08 Å². The van der Waals surface area contributed by atoms with Crippen LogP contribution in [0.4, 0.5) is 0 Å². The van der Waals surface area contributed by atoms with E-state index in [2.05, 4.69) is 20.8 Å². The molecule has 0 bridgehead atoms. The lowest BCUT2D eigenvalue weighted by Gasteiger charge is -2.41. The molecule has 122 valence electrons. The first-order chi connectivity index (χ1) is 10.2. The fourth-order valence-corrected chi connectivity index (χ4v) is 3.50. The number of hydrogen-bond donors (Lipinski definition) is 1. The second kappa shape index (κ2) is 6.37. The van der Waals surface area contributed by atoms with Crippen LogP contribution in [0.3, 0.4) is 0 Å². The summed E-state index contributed by atoms with van der Waals surface area (Å²) in [5, 5.41) is 9.83. The molecule has 4 atom stereocenters. The summed E-state index contributed by atoms with van der Waals surface area (Å²) in [6.07, 6.45) is 5.48. The molecule has 0 saturated heterocycles. The zero-order valence-electron chi connectivity index (χ0n) is 13.9. The van der Waals surface area contributed by atoms with Gasteiger partial charge in [-0.3, -0.25) is 4.79 Å². The van der Waals surface area contributed by atoms with Crippen molar-refractivity contribution in [2.24, 2.45) is 11.3 Å². The molecule has 1 aliphatic carbocycles. The Balaban J connectivity index is 2.04. The SMILES string of the molecule is CC(=O)C[C@H]1C=C(CC[C@]2(C)C(C)=C[C@@H](O)C[C@H]2C)C(=O)O1. The van der Waals surface area contributed by atoms with Crippen molar-refractivity contribution in [1.29, 1.82) is 0 Å². The lowest BCUT2D eigenvalue weighted by molar-refractivity contribution is -0.140. The van der Waals surface area contributed by atoms with E-state index in [-0.39, 0.29) is 29.7 Å². The van der Waals surface area contributed by atoms with Crippen molar-refractivity contribution in [2.75, 3.05) is 0 Å². The Labute approximate surface area is 132 Å². The van der Waals surface area contributed by atoms with E-state index in [1.54, 1.807) is 6.08 Å². The third-order valence-corrected chi connectivity index (χ3v) is 5.34. The maximum absolute atomic E-state index is 11.9. The Bertz CT molecular complexity index is 531. The second-order valence-corrected chi connectivity index (χ2v) is 7.01. The molecule has 0 amide bonds. The minimum atomic E-state index is -0.393. The highest BCUT2D eigenvalue weighted by Crippen LogP contribution is 2.46. The van der Waals surface area contributed by atoms with E-state index >= 15 is 0 Å². The van der Waals surface area contributed by atoms with Crippen molar-refractivity contribution >= 4 is 11.8 Å². The fourth-order valence-electron chi connectivity index (χ4n) is 3.50. The van der Waals surface area contributed by atoms with E-state index in [0.717, 1.165) is 12.8 Å². The van der Waals surface area contributed by atoms with Gasteiger partial charge in [-0.05, 0) is 50.5 Å². The summed E-state index contributed by atoms with van der Waals surface area (Å²) in [5.41, 5.74) is 1.85. The molecule has 0 radical (unpaired) electrons. The number of hydrogen-bond acceptors (Lipinski definition) is 4. The molecule has 1 N–H and O–H groups in total. The molecule has 0 aromatic heterocycles. The monoisotopic (exact) mass is 306 g/mol. The topological polar surface area (TPSA) is 63.6 Å². The van der Waals surface area contributed by atoms with Gasteiger partial charge in [-0.15, -0.1) is 0 Å². The van der Waals surface area contributed by atoms with Crippen LogP contribution in [0.2, 0.25) is 0 Å². The molecule has 1 heterocycles. The zero-order valence-corrected chi connectivity index (χ0v) is 13.9. The number of aliphatic hydroxyl groups excluding tert-OH is 1. The Morgan fingerprint density at radius 2 is 2.14 bits per heavy atom. The van der Waals surface area contributed by atoms with Crippen molar-refractivity contribution in [2.45, 2.75) is 65.6 Å². The average molecular weight is 306 g/mol. The van der Waals surface area contributed by atoms with Gasteiger partial charge in [0.05, 0.1) is 6.10 Å². The Morgan fingerprint density at radius 1 is 1.45 bits per heavy atom. The molecule has 4 heteroatoms. The van der Waals surface area contributed by atoms with Crippen LogP contribution in [0.1, 0.15) is 53.4 Å². The summed E-state index contributed by atoms with van der Waals surface area (Å²) in [7, 11) is 0. The van der Waals surface area contributed by atoms with Gasteiger partial charge in [-0.1, -0.05) is 25.5 Å². The number of cyclic esters (lactones) is 1. The molecule has 0 fully saturated rings. The highest BCUT2D eigenvalue weighted by Gasteiger charge is 2.38. The first-order valence-corrected chi connectivity index (χ1v) is 8.00. The molecule has 0 aromatic rings. The molecule has 0 unspecified atom stereocenters. The molecule has 2 rings (SSSR count). The van der Waals surface area contributed by atoms with Gasteiger partial charge < -0.3 is 9.84 Å². The number of allylic oxidation sites excluding steroid dienone is 1. The van der Waals surface area contributed by atoms with Crippen molar-refractivity contribution in [1.82, 2.24) is 0 Å². The number of esters is 1. The highest BCUT2D eigenvalue weighted by molar-refractivity contribution is 5.91. The first kappa shape index (κ1) is 16.9. The predicted octanol–water partition coefficient (Wildman–Crippen LogP) is 2.95. The van der Waals surface area contributed by atoms with E-state index in [0.29, 0.717) is 17.9 Å². The van der Waals surface area contributed by atoms with Crippen LogP contribution < -0.4 is 0 Å². The van der Waals surface area contributed by atoms with E-state index in [4.69, 9.17) is 4.74 Å². The molecule has 0 saturated carbocycles. The van der Waals surface area contributed by atoms with Crippen LogP contribution in [0.5, 0.6) is 0 Å². The largest absolute Gasteiger partial charge is 0.454 e. The third kappa shape index (κ3) is 3.49. The number of ketones is 1. The van der Waals surface area contributed by atoms with Crippen molar-refractivity contribution in [3.63, 3.8) is 0 Å². The maximum atomic E-state index is 11.9. The van der Waals surface area contributed by atoms with Gasteiger partial charge in [0.15, 0.2) is 0 Å². The molecular formula is C18H26O4. The van der Waals surface area contributed by atoms with Crippen LogP contribution in [0.15, 0.2) is 23.3 Å². The summed E-state index contributed by atoms with van der Waals surface area (Å²) >= 11 is 0. The summed E-state index contributed by atoms with van der Waals surface area (Å²) in [5.74, 6) is 0.0921. The van der Waals surface area contributed by atoms with Crippen LogP contribution in [0, 0.1) is 11.3 Å². The van der Waals surface area contributed by atoms with E-state index in [1.165, 1.54) is 12.5 Å². The van der Waals surface area contributed by atoms with Crippen LogP contribution >= 0.6 is 0 Å². The quantitative estimate of drug-likeness (QED) is 0.626. The smallest absolute Gasteiger partial charge is 0.334 e. The normalized spacial score (nSPS) is 35.0. The number of aliphatic hydroxyl groups is 1. The molecule has 22 heavy (non-hydrogen) atoms. The Morgan fingerprint density at radius 3 is 2.73 bits per heavy atom. The van der Waals surface area contributed by atoms with Crippen molar-refractivity contribution < 1.29 is 19.4 Å². The Kier molecular flexibility index (Phi) is 4.90. The number of Topliss-reactive ketones (excluding diaryl/α,β-unsaturated/α-hetero) is 1. The third-order valence-electron chi connectivity index (χ3n) is 5.34. The first-order valence-electron chi connectivity index (χ1n) is 8.00. The number of rotatable bonds is 5. The minimum absolute atomic E-state index is 0.0149. The van der Waals surface area contributed by atoms with Gasteiger partial charge in [0.2, 0.25) is 0 Å². The maximum Gasteiger partial charge on any atom is 0.334 e. The number of ether oxygens (including phenoxy) is 1. The predicted molar refractivity (Wildman–Crippen MR) is 84.1 cm³/mol. The molecule has 2 aliphatic rings. The van der Waals surface area contributed by atoms with Crippen LogP contribution in [0.25, 0.3) is 0 Å². The van der Waals surface area contributed by atoms with Gasteiger partial charge >= 0.3 is 5.97 Å². The van der Waals surface area contributed by atoms with E-state index in [9.17, 15) is 14.7 Å². The van der Waals surface area contributed by atoms with Crippen LogP contribution in [-0.4, -0.2) is 29.1 Å². The standard InChI is InChI=1S/C18H26O4/c1-11-7-15(20)8-12(2)18(11,4)6-5-14-10-16(9-13(3)19)22-17(14)21/h7,10,12,15-16,20H,5-6,8-9H2,1-4H3/t12-,15-,16+,18-/m1/s1. The van der Waals surface area contributed by atoms with Crippen molar-refractivity contribution in [3.05, 3.63) is 23.3 Å². The molecule has 1 aliphatic heterocycles. The summed E-state index contributed by atoms with van der Waals surface area (Å²) in [6.45, 7) is 7.91. The summed E-state index contributed by atoms with van der Waals surface area (Å²) in [4.78, 5) is 23.0. The molecule has 0 spiro atoms. The van der Waals surface area contributed by atoms with Gasteiger partial charge in [0.25, 0.3) is 0 Å². The summed E-state index contributed by atoms with van der Waals surface area (Å²) < 4.78 is 5.22. The van der Waals surface area contributed by atoms with E-state index < -0.39 is 6.10 Å².